The Morgan fingerprint density at radius 2 is 0.540 bits per heavy atom. The normalized spacial score (nSPS) is 11.6. The Morgan fingerprint density at radius 1 is 0.180 bits per heavy atom. The molecule has 0 aliphatic heterocycles. The molecule has 50 heavy (non-hydrogen) atoms. The second-order valence-electron chi connectivity index (χ2n) is 13.2. The van der Waals surface area contributed by atoms with Crippen LogP contribution in [0.15, 0.2) is 194 Å². The van der Waals surface area contributed by atoms with E-state index in [9.17, 15) is 0 Å². The number of benzene rings is 10. The molecule has 0 radical (unpaired) electrons. The Labute approximate surface area is 291 Å². The summed E-state index contributed by atoms with van der Waals surface area (Å²) in [5.74, 6) is 0. The maximum Gasteiger partial charge on any atom is -0.00928 e. The van der Waals surface area contributed by atoms with E-state index < -0.39 is 0 Å². The van der Waals surface area contributed by atoms with E-state index in [0.29, 0.717) is 0 Å². The summed E-state index contributed by atoms with van der Waals surface area (Å²) in [6, 6.07) is 71.2. The van der Waals surface area contributed by atoms with Gasteiger partial charge in [-0.3, -0.25) is 0 Å². The Bertz CT molecular complexity index is 2900. The van der Waals surface area contributed by atoms with Crippen molar-refractivity contribution in [2.24, 2.45) is 0 Å². The molecule has 0 saturated heterocycles. The minimum Gasteiger partial charge on any atom is -0.0616 e. The molecule has 0 spiro atoms. The van der Waals surface area contributed by atoms with Gasteiger partial charge in [-0.2, -0.15) is 0 Å². The Balaban J connectivity index is 1.08. The molecule has 0 heteroatoms. The van der Waals surface area contributed by atoms with Gasteiger partial charge in [-0.05, 0) is 104 Å². The van der Waals surface area contributed by atoms with Gasteiger partial charge in [0.25, 0.3) is 0 Å². The second kappa shape index (κ2) is 11.6. The maximum atomic E-state index is 2.36. The van der Waals surface area contributed by atoms with Crippen molar-refractivity contribution in [2.75, 3.05) is 0 Å². The molecule has 0 saturated carbocycles. The van der Waals surface area contributed by atoms with E-state index >= 15 is 0 Å². The molecule has 0 aliphatic rings. The van der Waals surface area contributed by atoms with Crippen molar-refractivity contribution >= 4 is 53.9 Å². The minimum atomic E-state index is 1.22. The van der Waals surface area contributed by atoms with Gasteiger partial charge >= 0.3 is 0 Å². The zero-order valence-electron chi connectivity index (χ0n) is 27.5. The summed E-state index contributed by atoms with van der Waals surface area (Å²) in [5, 5.41) is 12.8. The lowest BCUT2D eigenvalue weighted by molar-refractivity contribution is 1.62. The minimum absolute atomic E-state index is 1.22. The molecule has 0 aromatic heterocycles. The van der Waals surface area contributed by atoms with Crippen molar-refractivity contribution in [1.29, 1.82) is 0 Å². The van der Waals surface area contributed by atoms with E-state index in [1.165, 1.54) is 98.4 Å². The summed E-state index contributed by atoms with van der Waals surface area (Å²) in [6.07, 6.45) is 0. The molecule has 0 amide bonds. The average Bonchev–Trinajstić information content (AvgIpc) is 3.19. The lowest BCUT2D eigenvalue weighted by Gasteiger charge is -2.16. The predicted octanol–water partition coefficient (Wildman–Crippen LogP) is 14.1. The van der Waals surface area contributed by atoms with Gasteiger partial charge in [-0.25, -0.2) is 0 Å². The van der Waals surface area contributed by atoms with E-state index in [4.69, 9.17) is 0 Å². The topological polar surface area (TPSA) is 0 Å². The highest BCUT2D eigenvalue weighted by molar-refractivity contribution is 6.17. The van der Waals surface area contributed by atoms with Gasteiger partial charge in [0.15, 0.2) is 0 Å². The van der Waals surface area contributed by atoms with Gasteiger partial charge < -0.3 is 0 Å². The van der Waals surface area contributed by atoms with E-state index in [1.807, 2.05) is 0 Å². The molecule has 10 aromatic rings. The van der Waals surface area contributed by atoms with Crippen LogP contribution in [-0.2, 0) is 0 Å². The van der Waals surface area contributed by atoms with Crippen LogP contribution in [0.4, 0.5) is 0 Å². The summed E-state index contributed by atoms with van der Waals surface area (Å²) >= 11 is 0. The van der Waals surface area contributed by atoms with Crippen molar-refractivity contribution in [3.8, 4) is 44.5 Å². The zero-order valence-corrected chi connectivity index (χ0v) is 27.5. The smallest absolute Gasteiger partial charge is 0.00928 e. The van der Waals surface area contributed by atoms with Crippen LogP contribution in [0.25, 0.3) is 98.4 Å². The largest absolute Gasteiger partial charge is 0.0616 e. The van der Waals surface area contributed by atoms with Gasteiger partial charge in [0.1, 0.15) is 0 Å². The molecule has 10 aromatic carbocycles. The highest BCUT2D eigenvalue weighted by Crippen LogP contribution is 2.42. The zero-order chi connectivity index (χ0) is 33.0. The molecular formula is C50H32. The Kier molecular flexibility index (Phi) is 6.60. The van der Waals surface area contributed by atoms with Crippen LogP contribution in [0, 0.1) is 0 Å². The monoisotopic (exact) mass is 632 g/mol. The van der Waals surface area contributed by atoms with Crippen LogP contribution in [-0.4, -0.2) is 0 Å². The summed E-state index contributed by atoms with van der Waals surface area (Å²) in [5.41, 5.74) is 10.0. The third kappa shape index (κ3) is 4.54. The standard InChI is InChI=1S/C50H32/c1-3-15-37-33(12-1)14-9-22-44(37)49-31-30-40(42-18-5-7-19-45(42)49)35-28-26-34(27-29-35)38-21-10-24-46-43(38)23-11-25-48(46)50-32-36-13-2-4-16-39(36)41-17-6-8-20-47(41)50/h1-32H. The lowest BCUT2D eigenvalue weighted by atomic mass is 9.88. The molecule has 0 heterocycles. The molecule has 0 unspecified atom stereocenters. The van der Waals surface area contributed by atoms with Crippen LogP contribution in [0.3, 0.4) is 0 Å². The summed E-state index contributed by atoms with van der Waals surface area (Å²) in [7, 11) is 0. The summed E-state index contributed by atoms with van der Waals surface area (Å²) in [4.78, 5) is 0. The van der Waals surface area contributed by atoms with Crippen LogP contribution in [0.1, 0.15) is 0 Å². The molecule has 0 fully saturated rings. The van der Waals surface area contributed by atoms with Gasteiger partial charge in [0.2, 0.25) is 0 Å². The van der Waals surface area contributed by atoms with Crippen molar-refractivity contribution in [1.82, 2.24) is 0 Å². The molecule has 10 rings (SSSR count). The number of rotatable bonds is 4. The van der Waals surface area contributed by atoms with Crippen molar-refractivity contribution < 1.29 is 0 Å². The SMILES string of the molecule is c1ccc2c(-c3ccc(-c4ccc(-c5cccc6c(-c7cc8ccccc8c8ccccc78)cccc56)cc4)c4ccccc34)cccc2c1. The van der Waals surface area contributed by atoms with Gasteiger partial charge in [-0.15, -0.1) is 0 Å². The number of fused-ring (bicyclic) bond motifs is 6. The van der Waals surface area contributed by atoms with E-state index in [1.54, 1.807) is 0 Å². The van der Waals surface area contributed by atoms with Gasteiger partial charge in [0.05, 0.1) is 0 Å². The second-order valence-corrected chi connectivity index (χ2v) is 13.2. The van der Waals surface area contributed by atoms with Crippen LogP contribution >= 0.6 is 0 Å². The Morgan fingerprint density at radius 3 is 1.20 bits per heavy atom. The lowest BCUT2D eigenvalue weighted by Crippen LogP contribution is -1.89. The molecule has 0 aliphatic carbocycles. The van der Waals surface area contributed by atoms with Gasteiger partial charge in [0, 0.05) is 0 Å². The number of hydrogen-bond donors (Lipinski definition) is 0. The van der Waals surface area contributed by atoms with E-state index in [2.05, 4.69) is 194 Å². The predicted molar refractivity (Wildman–Crippen MR) is 216 cm³/mol. The quantitative estimate of drug-likeness (QED) is 0.169. The van der Waals surface area contributed by atoms with E-state index in [0.717, 1.165) is 0 Å². The first-order chi connectivity index (χ1) is 24.8. The maximum absolute atomic E-state index is 2.36. The van der Waals surface area contributed by atoms with Crippen molar-refractivity contribution in [2.45, 2.75) is 0 Å². The molecule has 0 N–H and O–H groups in total. The highest BCUT2D eigenvalue weighted by Gasteiger charge is 2.15. The highest BCUT2D eigenvalue weighted by atomic mass is 14.2. The molecule has 0 bridgehead atoms. The first-order valence-corrected chi connectivity index (χ1v) is 17.4. The third-order valence-corrected chi connectivity index (χ3v) is 10.5. The van der Waals surface area contributed by atoms with Crippen LogP contribution in [0.5, 0.6) is 0 Å². The summed E-state index contributed by atoms with van der Waals surface area (Å²) in [6.45, 7) is 0. The average molecular weight is 633 g/mol. The molecular weight excluding hydrogens is 601 g/mol. The fourth-order valence-corrected chi connectivity index (χ4v) is 8.15. The summed E-state index contributed by atoms with van der Waals surface area (Å²) < 4.78 is 0. The number of hydrogen-bond acceptors (Lipinski definition) is 0. The van der Waals surface area contributed by atoms with Crippen molar-refractivity contribution in [3.63, 3.8) is 0 Å². The molecule has 0 nitrogen and oxygen atoms in total. The van der Waals surface area contributed by atoms with Crippen LogP contribution in [0.2, 0.25) is 0 Å². The molecule has 0 atom stereocenters. The van der Waals surface area contributed by atoms with Gasteiger partial charge in [-0.1, -0.05) is 188 Å². The third-order valence-electron chi connectivity index (χ3n) is 10.5. The first kappa shape index (κ1) is 28.5. The van der Waals surface area contributed by atoms with E-state index in [-0.39, 0.29) is 0 Å². The van der Waals surface area contributed by atoms with Crippen LogP contribution < -0.4 is 0 Å². The van der Waals surface area contributed by atoms with Crippen molar-refractivity contribution in [3.05, 3.63) is 194 Å². The molecule has 232 valence electrons. The Hall–Kier alpha value is -6.50. The first-order valence-electron chi connectivity index (χ1n) is 17.4. The fraction of sp³-hybridized carbons (Fsp3) is 0. The fourth-order valence-electron chi connectivity index (χ4n) is 8.15.